The third-order valence-corrected chi connectivity index (χ3v) is 3.76. The Kier molecular flexibility index (Phi) is 5.39. The summed E-state index contributed by atoms with van der Waals surface area (Å²) >= 11 is 0. The lowest BCUT2D eigenvalue weighted by molar-refractivity contribution is -0.119. The minimum absolute atomic E-state index is 0.138. The topological polar surface area (TPSA) is 75.3 Å². The van der Waals surface area contributed by atoms with Crippen LogP contribution in [-0.2, 0) is 14.6 Å². The van der Waals surface area contributed by atoms with Crippen molar-refractivity contribution in [2.24, 2.45) is 0 Å². The van der Waals surface area contributed by atoms with E-state index < -0.39 is 15.6 Å². The molecule has 2 N–H and O–H groups in total. The maximum absolute atomic E-state index is 11.4. The van der Waals surface area contributed by atoms with Crippen molar-refractivity contribution in [3.05, 3.63) is 0 Å². The molecule has 0 aromatic heterocycles. The first-order chi connectivity index (χ1) is 7.90. The van der Waals surface area contributed by atoms with Crippen LogP contribution in [0.2, 0.25) is 0 Å². The molecule has 1 amide bonds. The van der Waals surface area contributed by atoms with Crippen LogP contribution in [0.1, 0.15) is 32.6 Å². The Balaban J connectivity index is 2.28. The molecule has 0 bridgehead atoms. The van der Waals surface area contributed by atoms with Crippen molar-refractivity contribution in [1.82, 2.24) is 10.6 Å². The molecule has 1 fully saturated rings. The molecule has 0 spiro atoms. The number of amides is 1. The molecule has 0 saturated heterocycles. The van der Waals surface area contributed by atoms with E-state index in [1.807, 2.05) is 0 Å². The van der Waals surface area contributed by atoms with Gasteiger partial charge in [0.15, 0.2) is 9.84 Å². The van der Waals surface area contributed by atoms with Gasteiger partial charge in [-0.05, 0) is 32.2 Å². The number of rotatable bonds is 5. The maximum Gasteiger partial charge on any atom is 0.235 e. The van der Waals surface area contributed by atoms with E-state index in [1.54, 1.807) is 0 Å². The Morgan fingerprint density at radius 2 is 1.71 bits per heavy atom. The second-order valence-corrected chi connectivity index (χ2v) is 6.88. The van der Waals surface area contributed by atoms with Crippen molar-refractivity contribution in [1.29, 1.82) is 0 Å². The van der Waals surface area contributed by atoms with Crippen LogP contribution in [-0.4, -0.2) is 45.0 Å². The number of carbonyl (C=O) groups is 1. The van der Waals surface area contributed by atoms with E-state index in [1.165, 1.54) is 0 Å². The zero-order chi connectivity index (χ0) is 12.9. The van der Waals surface area contributed by atoms with E-state index in [0.29, 0.717) is 6.04 Å². The SMILES string of the molecule is CCNC1CCC(NC(=O)CS(C)(=O)=O)CC1. The van der Waals surface area contributed by atoms with E-state index in [0.717, 1.165) is 38.5 Å². The Morgan fingerprint density at radius 1 is 1.18 bits per heavy atom. The summed E-state index contributed by atoms with van der Waals surface area (Å²) in [6, 6.07) is 0.683. The lowest BCUT2D eigenvalue weighted by Gasteiger charge is -2.29. The fraction of sp³-hybridized carbons (Fsp3) is 0.909. The van der Waals surface area contributed by atoms with Crippen molar-refractivity contribution in [2.45, 2.75) is 44.7 Å². The van der Waals surface area contributed by atoms with Gasteiger partial charge in [0, 0.05) is 18.3 Å². The number of sulfone groups is 1. The van der Waals surface area contributed by atoms with Gasteiger partial charge in [0.2, 0.25) is 5.91 Å². The lowest BCUT2D eigenvalue weighted by atomic mass is 9.91. The number of hydrogen-bond donors (Lipinski definition) is 2. The molecule has 0 atom stereocenters. The molecule has 1 rings (SSSR count). The zero-order valence-corrected chi connectivity index (χ0v) is 11.3. The number of carbonyl (C=O) groups excluding carboxylic acids is 1. The van der Waals surface area contributed by atoms with E-state index in [-0.39, 0.29) is 11.9 Å². The first kappa shape index (κ1) is 14.4. The van der Waals surface area contributed by atoms with Gasteiger partial charge in [-0.3, -0.25) is 4.79 Å². The van der Waals surface area contributed by atoms with Crippen LogP contribution in [0.15, 0.2) is 0 Å². The van der Waals surface area contributed by atoms with Crippen LogP contribution in [0, 0.1) is 0 Å². The van der Waals surface area contributed by atoms with Gasteiger partial charge < -0.3 is 10.6 Å². The smallest absolute Gasteiger partial charge is 0.235 e. The van der Waals surface area contributed by atoms with Gasteiger partial charge in [-0.2, -0.15) is 0 Å². The van der Waals surface area contributed by atoms with Crippen LogP contribution in [0.4, 0.5) is 0 Å². The molecule has 1 aliphatic rings. The first-order valence-electron chi connectivity index (χ1n) is 6.11. The van der Waals surface area contributed by atoms with Gasteiger partial charge in [-0.25, -0.2) is 8.42 Å². The Bertz CT molecular complexity index is 346. The highest BCUT2D eigenvalue weighted by molar-refractivity contribution is 7.91. The van der Waals surface area contributed by atoms with Crippen LogP contribution in [0.3, 0.4) is 0 Å². The number of hydrogen-bond acceptors (Lipinski definition) is 4. The maximum atomic E-state index is 11.4. The summed E-state index contributed by atoms with van der Waals surface area (Å²) < 4.78 is 21.9. The van der Waals surface area contributed by atoms with Crippen LogP contribution in [0.5, 0.6) is 0 Å². The lowest BCUT2D eigenvalue weighted by Crippen LogP contribution is -2.43. The second-order valence-electron chi connectivity index (χ2n) is 4.74. The van der Waals surface area contributed by atoms with Crippen molar-refractivity contribution in [3.8, 4) is 0 Å². The largest absolute Gasteiger partial charge is 0.352 e. The third kappa shape index (κ3) is 6.02. The van der Waals surface area contributed by atoms with Crippen LogP contribution < -0.4 is 10.6 Å². The van der Waals surface area contributed by atoms with Gasteiger partial charge in [-0.15, -0.1) is 0 Å². The average Bonchev–Trinajstić information content (AvgIpc) is 2.18. The van der Waals surface area contributed by atoms with E-state index in [4.69, 9.17) is 0 Å². The first-order valence-corrected chi connectivity index (χ1v) is 8.17. The summed E-state index contributed by atoms with van der Waals surface area (Å²) in [7, 11) is -3.22. The van der Waals surface area contributed by atoms with Crippen molar-refractivity contribution in [3.63, 3.8) is 0 Å². The molecular formula is C11H22N2O3S. The Labute approximate surface area is 103 Å². The molecule has 100 valence electrons. The van der Waals surface area contributed by atoms with E-state index in [9.17, 15) is 13.2 Å². The molecule has 0 heterocycles. The molecule has 0 aromatic rings. The van der Waals surface area contributed by atoms with Crippen molar-refractivity contribution >= 4 is 15.7 Å². The summed E-state index contributed by atoms with van der Waals surface area (Å²) in [5.41, 5.74) is 0. The predicted octanol–water partition coefficient (Wildman–Crippen LogP) is 0.0679. The molecule has 17 heavy (non-hydrogen) atoms. The highest BCUT2D eigenvalue weighted by atomic mass is 32.2. The normalized spacial score (nSPS) is 25.5. The number of nitrogens with one attached hydrogen (secondary N) is 2. The van der Waals surface area contributed by atoms with Gasteiger partial charge >= 0.3 is 0 Å². The monoisotopic (exact) mass is 262 g/mol. The molecular weight excluding hydrogens is 240 g/mol. The predicted molar refractivity (Wildman–Crippen MR) is 67.6 cm³/mol. The molecule has 0 radical (unpaired) electrons. The van der Waals surface area contributed by atoms with E-state index >= 15 is 0 Å². The van der Waals surface area contributed by atoms with Crippen LogP contribution >= 0.6 is 0 Å². The van der Waals surface area contributed by atoms with Crippen molar-refractivity contribution in [2.75, 3.05) is 18.6 Å². The minimum Gasteiger partial charge on any atom is -0.352 e. The molecule has 0 aliphatic heterocycles. The summed E-state index contributed by atoms with van der Waals surface area (Å²) in [4.78, 5) is 11.4. The quantitative estimate of drug-likeness (QED) is 0.735. The minimum atomic E-state index is -3.22. The van der Waals surface area contributed by atoms with Gasteiger partial charge in [-0.1, -0.05) is 6.92 Å². The summed E-state index contributed by atoms with van der Waals surface area (Å²) in [5, 5.41) is 6.18. The third-order valence-electron chi connectivity index (χ3n) is 2.98. The fourth-order valence-electron chi connectivity index (χ4n) is 2.24. The molecule has 1 aliphatic carbocycles. The van der Waals surface area contributed by atoms with E-state index in [2.05, 4.69) is 17.6 Å². The molecule has 5 nitrogen and oxygen atoms in total. The molecule has 1 saturated carbocycles. The standard InChI is InChI=1S/C11H22N2O3S/c1-3-12-9-4-6-10(7-5-9)13-11(14)8-17(2,15)16/h9-10,12H,3-8H2,1-2H3,(H,13,14). The summed E-state index contributed by atoms with van der Waals surface area (Å²) in [6.07, 6.45) is 5.00. The second kappa shape index (κ2) is 6.35. The Morgan fingerprint density at radius 3 is 2.18 bits per heavy atom. The highest BCUT2D eigenvalue weighted by Crippen LogP contribution is 2.18. The molecule has 0 unspecified atom stereocenters. The Hall–Kier alpha value is -0.620. The van der Waals surface area contributed by atoms with Gasteiger partial charge in [0.05, 0.1) is 0 Å². The zero-order valence-electron chi connectivity index (χ0n) is 10.5. The average molecular weight is 262 g/mol. The van der Waals surface area contributed by atoms with Crippen LogP contribution in [0.25, 0.3) is 0 Å². The van der Waals surface area contributed by atoms with Gasteiger partial charge in [0.25, 0.3) is 0 Å². The fourth-order valence-corrected chi connectivity index (χ4v) is 2.80. The summed E-state index contributed by atoms with van der Waals surface area (Å²) in [5.74, 6) is -0.778. The molecule has 6 heteroatoms. The summed E-state index contributed by atoms with van der Waals surface area (Å²) in [6.45, 7) is 3.05. The van der Waals surface area contributed by atoms with Gasteiger partial charge in [0.1, 0.15) is 5.75 Å². The highest BCUT2D eigenvalue weighted by Gasteiger charge is 2.22. The molecule has 0 aromatic carbocycles. The van der Waals surface area contributed by atoms with Crippen molar-refractivity contribution < 1.29 is 13.2 Å².